The van der Waals surface area contributed by atoms with Gasteiger partial charge in [-0.3, -0.25) is 0 Å². The molecule has 9 nitrogen and oxygen atoms in total. The average molecular weight is 479 g/mol. The van der Waals surface area contributed by atoms with Crippen molar-refractivity contribution in [3.63, 3.8) is 0 Å². The van der Waals surface area contributed by atoms with Crippen molar-refractivity contribution in [1.29, 1.82) is 0 Å². The van der Waals surface area contributed by atoms with E-state index in [1.54, 1.807) is 0 Å². The molecule has 162 valence electrons. The Morgan fingerprint density at radius 1 is 1.00 bits per heavy atom. The largest absolute Gasteiger partial charge is 0.422 e. The zero-order chi connectivity index (χ0) is 22.2. The van der Waals surface area contributed by atoms with Crippen LogP contribution in [0.1, 0.15) is 22.0 Å². The lowest BCUT2D eigenvalue weighted by atomic mass is 10.1. The monoisotopic (exact) mass is 478 g/mol. The lowest BCUT2D eigenvalue weighted by Gasteiger charge is -2.07. The van der Waals surface area contributed by atoms with Crippen molar-refractivity contribution >= 4 is 41.4 Å². The van der Waals surface area contributed by atoms with Gasteiger partial charge in [-0.05, 0) is 23.3 Å². The Kier molecular flexibility index (Phi) is 5.64. The number of thiazole rings is 1. The van der Waals surface area contributed by atoms with E-state index in [9.17, 15) is 16.8 Å². The molecule has 4 rings (SSSR count). The van der Waals surface area contributed by atoms with Gasteiger partial charge in [0.05, 0.1) is 23.0 Å². The van der Waals surface area contributed by atoms with Crippen molar-refractivity contribution in [1.82, 2.24) is 19.9 Å². The molecular formula is C19H18N4O5S3. The van der Waals surface area contributed by atoms with Gasteiger partial charge >= 0.3 is 0 Å². The molecule has 2 heterocycles. The molecule has 12 heteroatoms. The summed E-state index contributed by atoms with van der Waals surface area (Å²) in [5.74, 6) is -0.198. The van der Waals surface area contributed by atoms with Gasteiger partial charge in [-0.2, -0.15) is 0 Å². The third kappa shape index (κ3) is 4.98. The fourth-order valence-corrected chi connectivity index (χ4v) is 5.89. The Hall–Kier alpha value is -2.67. The second-order valence-corrected chi connectivity index (χ2v) is 12.0. The Morgan fingerprint density at radius 3 is 2.42 bits per heavy atom. The van der Waals surface area contributed by atoms with Crippen LogP contribution < -0.4 is 4.72 Å². The van der Waals surface area contributed by atoms with Crippen molar-refractivity contribution < 1.29 is 21.3 Å². The normalized spacial score (nSPS) is 13.5. The van der Waals surface area contributed by atoms with Gasteiger partial charge < -0.3 is 4.42 Å². The van der Waals surface area contributed by atoms with Crippen LogP contribution in [0.3, 0.4) is 0 Å². The third-order valence-corrected chi connectivity index (χ3v) is 7.54. The molecule has 0 amide bonds. The molecule has 1 N–H and O–H groups in total. The van der Waals surface area contributed by atoms with Crippen molar-refractivity contribution in [3.05, 3.63) is 65.3 Å². The van der Waals surface area contributed by atoms with E-state index >= 15 is 0 Å². The van der Waals surface area contributed by atoms with Crippen LogP contribution in [-0.4, -0.2) is 44.5 Å². The number of rotatable bonds is 7. The summed E-state index contributed by atoms with van der Waals surface area (Å²) in [4.78, 5) is 4.49. The summed E-state index contributed by atoms with van der Waals surface area (Å²) in [6.45, 7) is -0.234. The number of hydrogen-bond acceptors (Lipinski definition) is 9. The molecule has 1 atom stereocenters. The SMILES string of the molecule is CS(=O)(=O)NCc1nnc(C(c2nc3ccc(-c4ccccc4)cc3s2)S(C)(=O)=O)o1. The molecule has 0 aliphatic rings. The predicted molar refractivity (Wildman–Crippen MR) is 118 cm³/mol. The minimum absolute atomic E-state index is 0.0402. The van der Waals surface area contributed by atoms with E-state index in [4.69, 9.17) is 4.42 Å². The maximum absolute atomic E-state index is 12.6. The smallest absolute Gasteiger partial charge is 0.241 e. The van der Waals surface area contributed by atoms with Gasteiger partial charge in [0, 0.05) is 6.26 Å². The Balaban J connectivity index is 1.71. The van der Waals surface area contributed by atoms with E-state index in [2.05, 4.69) is 19.9 Å². The van der Waals surface area contributed by atoms with E-state index in [1.165, 1.54) is 11.3 Å². The van der Waals surface area contributed by atoms with E-state index in [0.29, 0.717) is 10.5 Å². The molecule has 0 saturated heterocycles. The Morgan fingerprint density at radius 2 is 1.74 bits per heavy atom. The number of nitrogens with one attached hydrogen (secondary N) is 1. The molecule has 2 aromatic carbocycles. The molecule has 4 aromatic rings. The number of aromatic nitrogens is 3. The first-order chi connectivity index (χ1) is 14.6. The summed E-state index contributed by atoms with van der Waals surface area (Å²) in [6.07, 6.45) is 2.06. The van der Waals surface area contributed by atoms with Crippen LogP contribution in [0.5, 0.6) is 0 Å². The van der Waals surface area contributed by atoms with Crippen LogP contribution in [0.2, 0.25) is 0 Å². The summed E-state index contributed by atoms with van der Waals surface area (Å²) < 4.78 is 56.1. The number of hydrogen-bond donors (Lipinski definition) is 1. The molecule has 0 fully saturated rings. The number of benzene rings is 2. The molecule has 1 unspecified atom stereocenters. The number of sulfone groups is 1. The van der Waals surface area contributed by atoms with Crippen LogP contribution >= 0.6 is 11.3 Å². The summed E-state index contributed by atoms with van der Waals surface area (Å²) in [5.41, 5.74) is 2.69. The highest BCUT2D eigenvalue weighted by Crippen LogP contribution is 2.36. The Labute approximate surface area is 183 Å². The first-order valence-electron chi connectivity index (χ1n) is 9.02. The average Bonchev–Trinajstić information content (AvgIpc) is 3.32. The molecule has 0 spiro atoms. The zero-order valence-electron chi connectivity index (χ0n) is 16.5. The fourth-order valence-electron chi connectivity index (χ4n) is 2.97. The van der Waals surface area contributed by atoms with Crippen molar-refractivity contribution in [2.45, 2.75) is 11.8 Å². The van der Waals surface area contributed by atoms with Crippen LogP contribution in [0.15, 0.2) is 52.9 Å². The highest BCUT2D eigenvalue weighted by atomic mass is 32.2. The fraction of sp³-hybridized carbons (Fsp3) is 0.211. The van der Waals surface area contributed by atoms with Gasteiger partial charge in [-0.1, -0.05) is 36.4 Å². The Bertz CT molecular complexity index is 1440. The van der Waals surface area contributed by atoms with Gasteiger partial charge in [0.2, 0.25) is 21.8 Å². The predicted octanol–water partition coefficient (Wildman–Crippen LogP) is 2.53. The molecule has 0 radical (unpaired) electrons. The third-order valence-electron chi connectivity index (χ3n) is 4.36. The zero-order valence-corrected chi connectivity index (χ0v) is 19.0. The van der Waals surface area contributed by atoms with E-state index in [-0.39, 0.29) is 18.3 Å². The van der Waals surface area contributed by atoms with Gasteiger partial charge in [0.25, 0.3) is 0 Å². The van der Waals surface area contributed by atoms with E-state index in [0.717, 1.165) is 28.3 Å². The molecule has 31 heavy (non-hydrogen) atoms. The first kappa shape index (κ1) is 21.6. The van der Waals surface area contributed by atoms with Crippen LogP contribution in [0.25, 0.3) is 21.3 Å². The van der Waals surface area contributed by atoms with Gasteiger partial charge in [-0.25, -0.2) is 26.5 Å². The minimum atomic E-state index is -3.70. The van der Waals surface area contributed by atoms with Crippen LogP contribution in [0.4, 0.5) is 0 Å². The van der Waals surface area contributed by atoms with Crippen molar-refractivity contribution in [3.8, 4) is 11.1 Å². The molecular weight excluding hydrogens is 460 g/mol. The van der Waals surface area contributed by atoms with Gasteiger partial charge in [0.1, 0.15) is 5.01 Å². The molecule has 2 aromatic heterocycles. The van der Waals surface area contributed by atoms with Crippen LogP contribution in [0, 0.1) is 0 Å². The molecule has 0 aliphatic carbocycles. The molecule has 0 aliphatic heterocycles. The highest BCUT2D eigenvalue weighted by molar-refractivity contribution is 7.91. The summed E-state index contributed by atoms with van der Waals surface area (Å²) in [7, 11) is -7.16. The summed E-state index contributed by atoms with van der Waals surface area (Å²) in [6, 6.07) is 15.5. The van der Waals surface area contributed by atoms with E-state index < -0.39 is 25.1 Å². The minimum Gasteiger partial charge on any atom is -0.422 e. The van der Waals surface area contributed by atoms with Gasteiger partial charge in [-0.15, -0.1) is 21.5 Å². The second-order valence-electron chi connectivity index (χ2n) is 6.94. The second kappa shape index (κ2) is 8.11. The quantitative estimate of drug-likeness (QED) is 0.428. The summed E-state index contributed by atoms with van der Waals surface area (Å²) in [5, 5.41) is 6.64. The maximum Gasteiger partial charge on any atom is 0.241 e. The van der Waals surface area contributed by atoms with Crippen molar-refractivity contribution in [2.24, 2.45) is 0 Å². The molecule has 0 saturated carbocycles. The van der Waals surface area contributed by atoms with Crippen molar-refractivity contribution in [2.75, 3.05) is 12.5 Å². The first-order valence-corrected chi connectivity index (χ1v) is 13.7. The molecule has 0 bridgehead atoms. The number of fused-ring (bicyclic) bond motifs is 1. The lowest BCUT2D eigenvalue weighted by Crippen LogP contribution is -2.21. The topological polar surface area (TPSA) is 132 Å². The number of nitrogens with zero attached hydrogens (tertiary/aromatic N) is 3. The summed E-state index contributed by atoms with van der Waals surface area (Å²) >= 11 is 1.23. The lowest BCUT2D eigenvalue weighted by molar-refractivity contribution is 0.444. The highest BCUT2D eigenvalue weighted by Gasteiger charge is 2.34. The number of sulfonamides is 1. The van der Waals surface area contributed by atoms with E-state index in [1.807, 2.05) is 48.5 Å². The standard InChI is InChI=1S/C19H18N4O5S3/c1-30(24,25)17(18-23-22-16(28-18)11-20-31(2,26)27)19-21-14-9-8-13(10-15(14)29-19)12-6-4-3-5-7-12/h3-10,17,20H,11H2,1-2H3. The maximum atomic E-state index is 12.6. The van der Waals surface area contributed by atoms with Crippen LogP contribution in [-0.2, 0) is 26.4 Å². The van der Waals surface area contributed by atoms with Gasteiger partial charge in [0.15, 0.2) is 15.1 Å².